The molecule has 1 aromatic rings. The monoisotopic (exact) mass is 351 g/mol. The first-order valence-corrected chi connectivity index (χ1v) is 8.16. The van der Waals surface area contributed by atoms with Crippen LogP contribution in [0.1, 0.15) is 13.3 Å². The first kappa shape index (κ1) is 17.3. The summed E-state index contributed by atoms with van der Waals surface area (Å²) >= 11 is 0. The molecule has 0 aromatic heterocycles. The third-order valence-corrected chi connectivity index (χ3v) is 4.71. The molecule has 8 heteroatoms. The Morgan fingerprint density at radius 3 is 2.32 bits per heavy atom. The van der Waals surface area contributed by atoms with Crippen molar-refractivity contribution in [1.29, 1.82) is 0 Å². The van der Waals surface area contributed by atoms with E-state index in [1.54, 1.807) is 9.80 Å². The number of nitrogens with zero attached hydrogens (tertiary/aromatic N) is 3. The van der Waals surface area contributed by atoms with E-state index in [9.17, 15) is 23.2 Å². The standard InChI is InChI=1S/C17H19F2N3O3/c1-11(23)20-4-6-21(7-5-20)17(25)12-8-16(24)22(10-12)15-3-2-13(18)9-14(15)19/h2-3,9,12H,4-8,10H2,1H3. The molecule has 134 valence electrons. The molecule has 2 aliphatic heterocycles. The molecule has 2 fully saturated rings. The number of rotatable bonds is 2. The number of halogens is 2. The highest BCUT2D eigenvalue weighted by Crippen LogP contribution is 2.29. The van der Waals surface area contributed by atoms with Gasteiger partial charge in [0, 0.05) is 52.1 Å². The summed E-state index contributed by atoms with van der Waals surface area (Å²) in [5.41, 5.74) is -0.0110. The van der Waals surface area contributed by atoms with Crippen molar-refractivity contribution in [2.75, 3.05) is 37.6 Å². The van der Waals surface area contributed by atoms with Gasteiger partial charge in [0.1, 0.15) is 11.6 Å². The molecule has 6 nitrogen and oxygen atoms in total. The zero-order chi connectivity index (χ0) is 18.1. The molecule has 2 saturated heterocycles. The Hall–Kier alpha value is -2.51. The second kappa shape index (κ2) is 6.78. The van der Waals surface area contributed by atoms with Crippen LogP contribution in [0.2, 0.25) is 0 Å². The quantitative estimate of drug-likeness (QED) is 0.799. The number of carbonyl (C=O) groups excluding carboxylic acids is 3. The third-order valence-electron chi connectivity index (χ3n) is 4.71. The van der Waals surface area contributed by atoms with Gasteiger partial charge in [-0.3, -0.25) is 14.4 Å². The Balaban J connectivity index is 1.66. The van der Waals surface area contributed by atoms with E-state index in [4.69, 9.17) is 0 Å². The summed E-state index contributed by atoms with van der Waals surface area (Å²) < 4.78 is 26.9. The van der Waals surface area contributed by atoms with Crippen molar-refractivity contribution in [3.8, 4) is 0 Å². The number of benzene rings is 1. The van der Waals surface area contributed by atoms with Crippen LogP contribution in [0, 0.1) is 17.6 Å². The third kappa shape index (κ3) is 3.47. The lowest BCUT2D eigenvalue weighted by Gasteiger charge is -2.35. The second-order valence-electron chi connectivity index (χ2n) is 6.33. The van der Waals surface area contributed by atoms with E-state index < -0.39 is 17.6 Å². The van der Waals surface area contributed by atoms with Gasteiger partial charge in [0.25, 0.3) is 0 Å². The molecule has 0 spiro atoms. The average Bonchev–Trinajstić information content (AvgIpc) is 2.96. The molecule has 3 rings (SSSR count). The van der Waals surface area contributed by atoms with E-state index in [0.717, 1.165) is 12.1 Å². The summed E-state index contributed by atoms with van der Waals surface area (Å²) in [6.45, 7) is 3.35. The summed E-state index contributed by atoms with van der Waals surface area (Å²) in [5.74, 6) is -2.64. The zero-order valence-corrected chi connectivity index (χ0v) is 13.9. The maximum Gasteiger partial charge on any atom is 0.228 e. The fourth-order valence-corrected chi connectivity index (χ4v) is 3.31. The van der Waals surface area contributed by atoms with Crippen molar-refractivity contribution >= 4 is 23.4 Å². The number of piperazine rings is 1. The van der Waals surface area contributed by atoms with Gasteiger partial charge in [-0.1, -0.05) is 0 Å². The van der Waals surface area contributed by atoms with Crippen LogP contribution in [-0.2, 0) is 14.4 Å². The van der Waals surface area contributed by atoms with Crippen LogP contribution in [0.15, 0.2) is 18.2 Å². The van der Waals surface area contributed by atoms with Crippen LogP contribution < -0.4 is 4.90 Å². The van der Waals surface area contributed by atoms with Gasteiger partial charge in [-0.15, -0.1) is 0 Å². The first-order valence-electron chi connectivity index (χ1n) is 8.16. The lowest BCUT2D eigenvalue weighted by atomic mass is 10.1. The molecule has 0 N–H and O–H groups in total. The van der Waals surface area contributed by atoms with Gasteiger partial charge in [0.2, 0.25) is 17.7 Å². The molecule has 0 bridgehead atoms. The number of amides is 3. The molecule has 0 aliphatic carbocycles. The lowest BCUT2D eigenvalue weighted by Crippen LogP contribution is -2.51. The number of hydrogen-bond acceptors (Lipinski definition) is 3. The van der Waals surface area contributed by atoms with E-state index in [1.807, 2.05) is 0 Å². The maximum atomic E-state index is 13.9. The van der Waals surface area contributed by atoms with Gasteiger partial charge in [-0.05, 0) is 12.1 Å². The van der Waals surface area contributed by atoms with Crippen molar-refractivity contribution in [3.63, 3.8) is 0 Å². The van der Waals surface area contributed by atoms with Crippen molar-refractivity contribution in [2.24, 2.45) is 5.92 Å². The Labute approximate surface area is 144 Å². The van der Waals surface area contributed by atoms with Crippen molar-refractivity contribution < 1.29 is 23.2 Å². The Bertz CT molecular complexity index is 717. The van der Waals surface area contributed by atoms with Gasteiger partial charge >= 0.3 is 0 Å². The smallest absolute Gasteiger partial charge is 0.228 e. The minimum atomic E-state index is -0.823. The van der Waals surface area contributed by atoms with Crippen LogP contribution in [0.3, 0.4) is 0 Å². The number of carbonyl (C=O) groups is 3. The van der Waals surface area contributed by atoms with E-state index in [-0.39, 0.29) is 36.4 Å². The first-order chi connectivity index (χ1) is 11.9. The van der Waals surface area contributed by atoms with Gasteiger partial charge in [-0.2, -0.15) is 0 Å². The molecule has 2 heterocycles. The molecule has 1 unspecified atom stereocenters. The number of anilines is 1. The predicted octanol–water partition coefficient (Wildman–Crippen LogP) is 1.01. The second-order valence-corrected chi connectivity index (χ2v) is 6.33. The van der Waals surface area contributed by atoms with Crippen molar-refractivity contribution in [2.45, 2.75) is 13.3 Å². The molecule has 1 atom stereocenters. The summed E-state index contributed by atoms with van der Waals surface area (Å²) in [5, 5.41) is 0. The molecule has 2 aliphatic rings. The van der Waals surface area contributed by atoms with E-state index in [1.165, 1.54) is 17.9 Å². The largest absolute Gasteiger partial charge is 0.339 e. The maximum absolute atomic E-state index is 13.9. The van der Waals surface area contributed by atoms with E-state index in [2.05, 4.69) is 0 Å². The Kier molecular flexibility index (Phi) is 4.69. The summed E-state index contributed by atoms with van der Waals surface area (Å²) in [6.07, 6.45) is 0.00255. The van der Waals surface area contributed by atoms with Crippen LogP contribution >= 0.6 is 0 Å². The predicted molar refractivity (Wildman–Crippen MR) is 85.7 cm³/mol. The minimum absolute atomic E-state index is 0.00255. The van der Waals surface area contributed by atoms with Crippen molar-refractivity contribution in [1.82, 2.24) is 9.80 Å². The van der Waals surface area contributed by atoms with Crippen LogP contribution in [0.5, 0.6) is 0 Å². The zero-order valence-electron chi connectivity index (χ0n) is 13.9. The topological polar surface area (TPSA) is 60.9 Å². The molecular weight excluding hydrogens is 332 g/mol. The van der Waals surface area contributed by atoms with Crippen LogP contribution in [0.25, 0.3) is 0 Å². The summed E-state index contributed by atoms with van der Waals surface area (Å²) in [7, 11) is 0. The minimum Gasteiger partial charge on any atom is -0.339 e. The van der Waals surface area contributed by atoms with Gasteiger partial charge in [0.15, 0.2) is 0 Å². The fourth-order valence-electron chi connectivity index (χ4n) is 3.31. The molecule has 3 amide bonds. The molecule has 25 heavy (non-hydrogen) atoms. The highest BCUT2D eigenvalue weighted by atomic mass is 19.1. The van der Waals surface area contributed by atoms with Crippen LogP contribution in [-0.4, -0.2) is 60.2 Å². The summed E-state index contributed by atoms with van der Waals surface area (Å²) in [4.78, 5) is 40.7. The SMILES string of the molecule is CC(=O)N1CCN(C(=O)C2CC(=O)N(c3ccc(F)cc3F)C2)CC1. The van der Waals surface area contributed by atoms with Crippen LogP contribution in [0.4, 0.5) is 14.5 Å². The normalized spacial score (nSPS) is 21.0. The summed E-state index contributed by atoms with van der Waals surface area (Å²) in [6, 6.07) is 3.02. The van der Waals surface area contributed by atoms with E-state index >= 15 is 0 Å². The van der Waals surface area contributed by atoms with Gasteiger partial charge < -0.3 is 14.7 Å². The fraction of sp³-hybridized carbons (Fsp3) is 0.471. The molecule has 0 radical (unpaired) electrons. The molecule has 0 saturated carbocycles. The Morgan fingerprint density at radius 2 is 1.72 bits per heavy atom. The van der Waals surface area contributed by atoms with Gasteiger partial charge in [-0.25, -0.2) is 8.78 Å². The van der Waals surface area contributed by atoms with Gasteiger partial charge in [0.05, 0.1) is 11.6 Å². The highest BCUT2D eigenvalue weighted by Gasteiger charge is 2.38. The van der Waals surface area contributed by atoms with E-state index in [0.29, 0.717) is 26.2 Å². The lowest BCUT2D eigenvalue weighted by molar-refractivity contribution is -0.141. The average molecular weight is 351 g/mol. The van der Waals surface area contributed by atoms with Crippen molar-refractivity contribution in [3.05, 3.63) is 29.8 Å². The molecular formula is C17H19F2N3O3. The number of hydrogen-bond donors (Lipinski definition) is 0. The molecule has 1 aromatic carbocycles. The Morgan fingerprint density at radius 1 is 1.08 bits per heavy atom. The highest BCUT2D eigenvalue weighted by molar-refractivity contribution is 6.00.